The normalized spacial score (nSPS) is 16.6. The number of nitrogens with zero attached hydrogens (tertiary/aromatic N) is 3. The van der Waals surface area contributed by atoms with E-state index in [1.165, 1.54) is 0 Å². The molecule has 0 aliphatic carbocycles. The van der Waals surface area contributed by atoms with Crippen LogP contribution in [0.2, 0.25) is 0 Å². The average molecular weight is 407 g/mol. The van der Waals surface area contributed by atoms with Gasteiger partial charge in [0.1, 0.15) is 5.01 Å². The van der Waals surface area contributed by atoms with Gasteiger partial charge >= 0.3 is 0 Å². The zero-order valence-electron chi connectivity index (χ0n) is 16.0. The first kappa shape index (κ1) is 19.3. The van der Waals surface area contributed by atoms with Gasteiger partial charge in [0.15, 0.2) is 0 Å². The summed E-state index contributed by atoms with van der Waals surface area (Å²) in [5.74, 6) is -0.134. The Morgan fingerprint density at radius 2 is 1.97 bits per heavy atom. The van der Waals surface area contributed by atoms with Crippen molar-refractivity contribution in [3.8, 4) is 10.6 Å². The number of likely N-dealkylation sites (tertiary alicyclic amines) is 1. The third-order valence-corrected chi connectivity index (χ3v) is 6.01. The summed E-state index contributed by atoms with van der Waals surface area (Å²) in [5, 5.41) is 3.95. The van der Waals surface area contributed by atoms with Crippen molar-refractivity contribution in [2.24, 2.45) is 5.92 Å². The Balaban J connectivity index is 1.32. The third-order valence-electron chi connectivity index (χ3n) is 4.96. The fourth-order valence-electron chi connectivity index (χ4n) is 3.39. The molecule has 2 aromatic heterocycles. The number of amides is 2. The van der Waals surface area contributed by atoms with Crippen LogP contribution in [-0.4, -0.2) is 33.2 Å². The molecule has 1 saturated heterocycles. The molecule has 1 N–H and O–H groups in total. The number of benzene rings is 1. The first-order valence-corrected chi connectivity index (χ1v) is 10.5. The van der Waals surface area contributed by atoms with Crippen LogP contribution in [0, 0.1) is 5.92 Å². The molecule has 6 nitrogen and oxygen atoms in total. The number of rotatable bonds is 6. The van der Waals surface area contributed by atoms with Crippen LogP contribution in [0.25, 0.3) is 10.6 Å². The van der Waals surface area contributed by atoms with Crippen LogP contribution in [0.5, 0.6) is 0 Å². The summed E-state index contributed by atoms with van der Waals surface area (Å²) >= 11 is 1.58. The molecule has 3 heterocycles. The van der Waals surface area contributed by atoms with E-state index in [9.17, 15) is 9.59 Å². The van der Waals surface area contributed by atoms with Crippen molar-refractivity contribution in [3.05, 3.63) is 71.5 Å². The van der Waals surface area contributed by atoms with E-state index in [2.05, 4.69) is 15.3 Å². The van der Waals surface area contributed by atoms with E-state index in [0.717, 1.165) is 21.1 Å². The maximum Gasteiger partial charge on any atom is 0.225 e. The van der Waals surface area contributed by atoms with E-state index < -0.39 is 0 Å². The van der Waals surface area contributed by atoms with Gasteiger partial charge in [0, 0.05) is 35.8 Å². The third kappa shape index (κ3) is 4.86. The van der Waals surface area contributed by atoms with Crippen LogP contribution < -0.4 is 5.32 Å². The monoisotopic (exact) mass is 406 g/mol. The second kappa shape index (κ2) is 8.96. The number of thiazole rings is 1. The Morgan fingerprint density at radius 3 is 2.76 bits per heavy atom. The smallest absolute Gasteiger partial charge is 0.225 e. The lowest BCUT2D eigenvalue weighted by molar-refractivity contribution is -0.139. The minimum absolute atomic E-state index is 0.0156. The summed E-state index contributed by atoms with van der Waals surface area (Å²) in [7, 11) is 0. The molecule has 0 saturated carbocycles. The summed E-state index contributed by atoms with van der Waals surface area (Å²) in [6.07, 6.45) is 4.50. The van der Waals surface area contributed by atoms with E-state index in [4.69, 9.17) is 0 Å². The van der Waals surface area contributed by atoms with Gasteiger partial charge in [0.05, 0.1) is 24.7 Å². The summed E-state index contributed by atoms with van der Waals surface area (Å²) < 4.78 is 0. The summed E-state index contributed by atoms with van der Waals surface area (Å²) in [4.78, 5) is 36.4. The molecule has 1 aromatic carbocycles. The van der Waals surface area contributed by atoms with Crippen LogP contribution in [0.4, 0.5) is 0 Å². The van der Waals surface area contributed by atoms with E-state index in [0.29, 0.717) is 32.5 Å². The zero-order valence-corrected chi connectivity index (χ0v) is 16.8. The van der Waals surface area contributed by atoms with Gasteiger partial charge in [-0.2, -0.15) is 0 Å². The van der Waals surface area contributed by atoms with Crippen molar-refractivity contribution in [1.82, 2.24) is 20.2 Å². The molecule has 0 bridgehead atoms. The number of nitrogens with one attached hydrogen (secondary N) is 1. The number of pyridine rings is 1. The Bertz CT molecular complexity index is 975. The lowest BCUT2D eigenvalue weighted by atomic mass is 9.96. The van der Waals surface area contributed by atoms with Gasteiger partial charge in [-0.1, -0.05) is 36.4 Å². The highest BCUT2D eigenvalue weighted by molar-refractivity contribution is 7.15. The Labute approximate surface area is 173 Å². The Morgan fingerprint density at radius 1 is 1.14 bits per heavy atom. The second-order valence-electron chi connectivity index (χ2n) is 7.05. The van der Waals surface area contributed by atoms with Gasteiger partial charge in [-0.05, 0) is 18.6 Å². The molecule has 7 heteroatoms. The fourth-order valence-corrected chi connectivity index (χ4v) is 4.25. The molecular weight excluding hydrogens is 384 g/mol. The Kier molecular flexibility index (Phi) is 5.95. The molecule has 1 fully saturated rings. The number of carbonyl (C=O) groups excluding carboxylic acids is 2. The lowest BCUT2D eigenvalue weighted by Crippen LogP contribution is -2.45. The molecule has 1 unspecified atom stereocenters. The molecule has 2 amide bonds. The molecule has 1 atom stereocenters. The van der Waals surface area contributed by atoms with Crippen LogP contribution >= 0.6 is 11.3 Å². The maximum atomic E-state index is 12.7. The van der Waals surface area contributed by atoms with Crippen LogP contribution in [0.15, 0.2) is 60.9 Å². The topological polar surface area (TPSA) is 75.2 Å². The first-order chi connectivity index (χ1) is 14.2. The number of piperidine rings is 1. The quantitative estimate of drug-likeness (QED) is 0.682. The highest BCUT2D eigenvalue weighted by Gasteiger charge is 2.30. The predicted octanol–water partition coefficient (Wildman–Crippen LogP) is 3.26. The van der Waals surface area contributed by atoms with Crippen LogP contribution in [0.3, 0.4) is 0 Å². The Hall–Kier alpha value is -3.06. The molecule has 1 aliphatic rings. The van der Waals surface area contributed by atoms with Gasteiger partial charge in [0.2, 0.25) is 11.8 Å². The maximum absolute atomic E-state index is 12.7. The van der Waals surface area contributed by atoms with Gasteiger partial charge < -0.3 is 10.2 Å². The van der Waals surface area contributed by atoms with E-state index in [-0.39, 0.29) is 17.7 Å². The average Bonchev–Trinajstić information content (AvgIpc) is 3.24. The van der Waals surface area contributed by atoms with Crippen molar-refractivity contribution in [2.75, 3.05) is 6.54 Å². The van der Waals surface area contributed by atoms with Gasteiger partial charge in [-0.15, -0.1) is 11.3 Å². The molecule has 3 aromatic rings. The van der Waals surface area contributed by atoms with Crippen LogP contribution in [-0.2, 0) is 22.7 Å². The molecule has 0 spiro atoms. The fraction of sp³-hybridized carbons (Fsp3) is 0.273. The van der Waals surface area contributed by atoms with Gasteiger partial charge in [-0.3, -0.25) is 14.6 Å². The molecule has 148 valence electrons. The minimum atomic E-state index is -0.196. The summed E-state index contributed by atoms with van der Waals surface area (Å²) in [5.41, 5.74) is 1.91. The number of hydrogen-bond acceptors (Lipinski definition) is 5. The van der Waals surface area contributed by atoms with E-state index in [1.807, 2.05) is 54.7 Å². The van der Waals surface area contributed by atoms with Crippen molar-refractivity contribution < 1.29 is 9.59 Å². The number of aromatic nitrogens is 2. The van der Waals surface area contributed by atoms with Crippen molar-refractivity contribution in [2.45, 2.75) is 25.9 Å². The van der Waals surface area contributed by atoms with Gasteiger partial charge in [-0.25, -0.2) is 4.98 Å². The van der Waals surface area contributed by atoms with E-state index >= 15 is 0 Å². The number of hydrogen-bond donors (Lipinski definition) is 1. The van der Waals surface area contributed by atoms with Crippen molar-refractivity contribution in [1.29, 1.82) is 0 Å². The highest BCUT2D eigenvalue weighted by atomic mass is 32.1. The van der Waals surface area contributed by atoms with E-state index in [1.54, 1.807) is 22.4 Å². The second-order valence-corrected chi connectivity index (χ2v) is 8.16. The first-order valence-electron chi connectivity index (χ1n) is 9.64. The minimum Gasteiger partial charge on any atom is -0.351 e. The van der Waals surface area contributed by atoms with Crippen molar-refractivity contribution >= 4 is 23.2 Å². The summed E-state index contributed by atoms with van der Waals surface area (Å²) in [6.45, 7) is 1.33. The van der Waals surface area contributed by atoms with Crippen LogP contribution in [0.1, 0.15) is 23.4 Å². The molecule has 0 radical (unpaired) electrons. The molecule has 1 aliphatic heterocycles. The predicted molar refractivity (Wildman–Crippen MR) is 112 cm³/mol. The zero-order chi connectivity index (χ0) is 20.1. The largest absolute Gasteiger partial charge is 0.351 e. The molecular formula is C22H22N4O2S. The SMILES string of the molecule is O=C(NCc1cnc(-c2ccccc2)s1)C1CCC(=O)N(Cc2ccccn2)C1. The molecule has 29 heavy (non-hydrogen) atoms. The standard InChI is InChI=1S/C22H22N4O2S/c27-20-10-9-17(14-26(20)15-18-8-4-5-11-23-18)21(28)24-12-19-13-25-22(29-19)16-6-2-1-3-7-16/h1-8,11,13,17H,9-10,12,14-15H2,(H,24,28). The van der Waals surface area contributed by atoms with Crippen molar-refractivity contribution in [3.63, 3.8) is 0 Å². The highest BCUT2D eigenvalue weighted by Crippen LogP contribution is 2.25. The molecule has 4 rings (SSSR count). The van der Waals surface area contributed by atoms with Gasteiger partial charge in [0.25, 0.3) is 0 Å². The lowest BCUT2D eigenvalue weighted by Gasteiger charge is -2.31. The number of carbonyl (C=O) groups is 2. The summed E-state index contributed by atoms with van der Waals surface area (Å²) in [6, 6.07) is 15.6.